The first-order valence-electron chi connectivity index (χ1n) is 10.8. The summed E-state index contributed by atoms with van der Waals surface area (Å²) in [7, 11) is -3.55. The van der Waals surface area contributed by atoms with Crippen LogP contribution in [0.5, 0.6) is 0 Å². The van der Waals surface area contributed by atoms with Crippen molar-refractivity contribution in [2.75, 3.05) is 32.7 Å². The Morgan fingerprint density at radius 2 is 1.72 bits per heavy atom. The molecule has 4 rings (SSSR count). The van der Waals surface area contributed by atoms with Crippen molar-refractivity contribution >= 4 is 33.2 Å². The lowest BCUT2D eigenvalue weighted by atomic mass is 10.1. The van der Waals surface area contributed by atoms with Gasteiger partial charge in [-0.2, -0.15) is 4.31 Å². The number of rotatable bonds is 5. The summed E-state index contributed by atoms with van der Waals surface area (Å²) in [4.78, 5) is 31.1. The SMILES string of the molecule is Cc1ccc(CN2CC(C(=O)N3CCN(S(=O)(=O)c4cc(C)sc4C)CC3)CC2=O)cc1. The molecule has 32 heavy (non-hydrogen) atoms. The number of aryl methyl sites for hydroxylation is 3. The zero-order chi connectivity index (χ0) is 23.0. The number of likely N-dealkylation sites (tertiary alicyclic amines) is 1. The van der Waals surface area contributed by atoms with E-state index in [1.165, 1.54) is 21.2 Å². The van der Waals surface area contributed by atoms with Crippen molar-refractivity contribution in [3.8, 4) is 0 Å². The van der Waals surface area contributed by atoms with Gasteiger partial charge in [-0.1, -0.05) is 29.8 Å². The Kier molecular flexibility index (Phi) is 6.42. The molecule has 7 nitrogen and oxygen atoms in total. The van der Waals surface area contributed by atoms with Crippen LogP contribution in [0, 0.1) is 26.7 Å². The first-order valence-corrected chi connectivity index (χ1v) is 13.1. The minimum Gasteiger partial charge on any atom is -0.340 e. The van der Waals surface area contributed by atoms with E-state index >= 15 is 0 Å². The quantitative estimate of drug-likeness (QED) is 0.666. The Morgan fingerprint density at radius 3 is 2.31 bits per heavy atom. The first kappa shape index (κ1) is 22.9. The van der Waals surface area contributed by atoms with Crippen molar-refractivity contribution < 1.29 is 18.0 Å². The fourth-order valence-electron chi connectivity index (χ4n) is 4.41. The maximum atomic E-state index is 13.1. The zero-order valence-corrected chi connectivity index (χ0v) is 20.3. The molecule has 0 saturated carbocycles. The molecule has 0 bridgehead atoms. The van der Waals surface area contributed by atoms with Crippen LogP contribution < -0.4 is 0 Å². The third-order valence-corrected chi connectivity index (χ3v) is 9.34. The Morgan fingerprint density at radius 1 is 1.06 bits per heavy atom. The number of piperazine rings is 1. The second-order valence-corrected chi connectivity index (χ2v) is 12.0. The van der Waals surface area contributed by atoms with Crippen molar-refractivity contribution in [1.29, 1.82) is 0 Å². The molecule has 2 amide bonds. The van der Waals surface area contributed by atoms with Crippen molar-refractivity contribution in [3.63, 3.8) is 0 Å². The van der Waals surface area contributed by atoms with Gasteiger partial charge in [-0.15, -0.1) is 11.3 Å². The van der Waals surface area contributed by atoms with Gasteiger partial charge in [0.05, 0.1) is 10.8 Å². The molecule has 172 valence electrons. The summed E-state index contributed by atoms with van der Waals surface area (Å²) in [6.07, 6.45) is 0.219. The average molecular weight is 476 g/mol. The van der Waals surface area contributed by atoms with Crippen LogP contribution in [-0.2, 0) is 26.2 Å². The van der Waals surface area contributed by atoms with Gasteiger partial charge in [-0.05, 0) is 32.4 Å². The highest BCUT2D eigenvalue weighted by molar-refractivity contribution is 7.89. The lowest BCUT2D eigenvalue weighted by molar-refractivity contribution is -0.137. The fraction of sp³-hybridized carbons (Fsp3) is 0.478. The molecule has 0 radical (unpaired) electrons. The van der Waals surface area contributed by atoms with E-state index in [1.54, 1.807) is 15.9 Å². The highest BCUT2D eigenvalue weighted by atomic mass is 32.2. The second-order valence-electron chi connectivity index (χ2n) is 8.67. The summed E-state index contributed by atoms with van der Waals surface area (Å²) in [6.45, 7) is 7.92. The Bertz CT molecular complexity index is 1120. The third-order valence-electron chi connectivity index (χ3n) is 6.22. The van der Waals surface area contributed by atoms with E-state index in [-0.39, 0.29) is 37.2 Å². The van der Waals surface area contributed by atoms with E-state index in [4.69, 9.17) is 0 Å². The first-order chi connectivity index (χ1) is 15.1. The van der Waals surface area contributed by atoms with Crippen LogP contribution in [-0.4, -0.2) is 67.1 Å². The summed E-state index contributed by atoms with van der Waals surface area (Å²) in [5.41, 5.74) is 2.22. The number of sulfonamides is 1. The zero-order valence-electron chi connectivity index (χ0n) is 18.7. The van der Waals surface area contributed by atoms with E-state index in [9.17, 15) is 18.0 Å². The Labute approximate surface area is 193 Å². The van der Waals surface area contributed by atoms with E-state index in [2.05, 4.69) is 0 Å². The van der Waals surface area contributed by atoms with Gasteiger partial charge in [-0.3, -0.25) is 9.59 Å². The highest BCUT2D eigenvalue weighted by Crippen LogP contribution is 2.29. The number of hydrogen-bond donors (Lipinski definition) is 0. The van der Waals surface area contributed by atoms with Gasteiger partial charge >= 0.3 is 0 Å². The molecule has 2 aliphatic rings. The minimum absolute atomic E-state index is 0.00607. The van der Waals surface area contributed by atoms with Crippen molar-refractivity contribution in [1.82, 2.24) is 14.1 Å². The molecule has 1 aromatic heterocycles. The summed E-state index contributed by atoms with van der Waals surface area (Å²) >= 11 is 1.48. The summed E-state index contributed by atoms with van der Waals surface area (Å²) in [5, 5.41) is 0. The molecule has 3 heterocycles. The third kappa shape index (κ3) is 4.60. The molecule has 1 aromatic carbocycles. The summed E-state index contributed by atoms with van der Waals surface area (Å²) in [5.74, 6) is -0.421. The molecular formula is C23H29N3O4S2. The number of hydrogen-bond acceptors (Lipinski definition) is 5. The number of nitrogens with zero attached hydrogens (tertiary/aromatic N) is 3. The maximum absolute atomic E-state index is 13.1. The fourth-order valence-corrected chi connectivity index (χ4v) is 7.36. The van der Waals surface area contributed by atoms with Gasteiger partial charge in [0.15, 0.2) is 0 Å². The van der Waals surface area contributed by atoms with Gasteiger partial charge < -0.3 is 9.80 Å². The molecule has 1 atom stereocenters. The highest BCUT2D eigenvalue weighted by Gasteiger charge is 2.38. The molecular weight excluding hydrogens is 446 g/mol. The van der Waals surface area contributed by atoms with E-state index < -0.39 is 10.0 Å². The molecule has 2 aromatic rings. The van der Waals surface area contributed by atoms with E-state index in [0.717, 1.165) is 15.3 Å². The van der Waals surface area contributed by atoms with Crippen LogP contribution in [0.4, 0.5) is 0 Å². The van der Waals surface area contributed by atoms with Crippen LogP contribution in [0.2, 0.25) is 0 Å². The average Bonchev–Trinajstić information content (AvgIpc) is 3.30. The molecule has 0 spiro atoms. The van der Waals surface area contributed by atoms with Crippen molar-refractivity contribution in [2.45, 2.75) is 38.6 Å². The van der Waals surface area contributed by atoms with Crippen LogP contribution in [0.15, 0.2) is 35.2 Å². The second kappa shape index (κ2) is 8.96. The molecule has 0 N–H and O–H groups in total. The molecule has 2 aliphatic heterocycles. The largest absolute Gasteiger partial charge is 0.340 e. The molecule has 9 heteroatoms. The van der Waals surface area contributed by atoms with Crippen molar-refractivity contribution in [2.24, 2.45) is 5.92 Å². The number of carbonyl (C=O) groups excluding carboxylic acids is 2. The van der Waals surface area contributed by atoms with Crippen LogP contribution in [0.25, 0.3) is 0 Å². The van der Waals surface area contributed by atoms with Gasteiger partial charge in [0.1, 0.15) is 0 Å². The number of carbonyl (C=O) groups is 2. The Balaban J connectivity index is 1.35. The van der Waals surface area contributed by atoms with E-state index in [1.807, 2.05) is 45.0 Å². The van der Waals surface area contributed by atoms with Gasteiger partial charge in [0.2, 0.25) is 21.8 Å². The monoisotopic (exact) mass is 475 g/mol. The van der Waals surface area contributed by atoms with Crippen LogP contribution in [0.3, 0.4) is 0 Å². The Hall–Kier alpha value is -2.23. The summed E-state index contributed by atoms with van der Waals surface area (Å²) in [6, 6.07) is 9.78. The predicted molar refractivity (Wildman–Crippen MR) is 124 cm³/mol. The van der Waals surface area contributed by atoms with Crippen LogP contribution in [0.1, 0.15) is 27.3 Å². The maximum Gasteiger partial charge on any atom is 0.244 e. The molecule has 0 aliphatic carbocycles. The van der Waals surface area contributed by atoms with E-state index in [0.29, 0.717) is 31.1 Å². The predicted octanol–water partition coefficient (Wildman–Crippen LogP) is 2.55. The minimum atomic E-state index is -3.55. The number of thiophene rings is 1. The molecule has 2 fully saturated rings. The number of benzene rings is 1. The molecule has 2 saturated heterocycles. The van der Waals surface area contributed by atoms with Gasteiger partial charge in [0.25, 0.3) is 0 Å². The van der Waals surface area contributed by atoms with Crippen molar-refractivity contribution in [3.05, 3.63) is 51.2 Å². The standard InChI is InChI=1S/C23H29N3O4S2/c1-16-4-6-19(7-5-16)14-25-15-20(13-22(25)27)23(28)24-8-10-26(11-9-24)32(29,30)21-12-17(2)31-18(21)3/h4-7,12,20H,8-11,13-15H2,1-3H3. The normalized spacial score (nSPS) is 20.2. The molecule has 1 unspecified atom stereocenters. The summed E-state index contributed by atoms with van der Waals surface area (Å²) < 4.78 is 27.5. The van der Waals surface area contributed by atoms with Gasteiger partial charge in [0, 0.05) is 55.4 Å². The number of amides is 2. The topological polar surface area (TPSA) is 78.0 Å². The lowest BCUT2D eigenvalue weighted by Gasteiger charge is -2.35. The lowest BCUT2D eigenvalue weighted by Crippen LogP contribution is -2.52. The van der Waals surface area contributed by atoms with Crippen LogP contribution >= 0.6 is 11.3 Å². The van der Waals surface area contributed by atoms with Gasteiger partial charge in [-0.25, -0.2) is 8.42 Å². The smallest absolute Gasteiger partial charge is 0.244 e.